The highest BCUT2D eigenvalue weighted by Crippen LogP contribution is 2.47. The molecule has 4 heteroatoms. The summed E-state index contributed by atoms with van der Waals surface area (Å²) in [5.41, 5.74) is 0. The Hall–Kier alpha value is -1.32. The van der Waals surface area contributed by atoms with Crippen molar-refractivity contribution in [3.63, 3.8) is 0 Å². The van der Waals surface area contributed by atoms with Gasteiger partial charge in [-0.05, 0) is 56.4 Å². The lowest BCUT2D eigenvalue weighted by atomic mass is 9.93. The summed E-state index contributed by atoms with van der Waals surface area (Å²) >= 11 is 0. The van der Waals surface area contributed by atoms with Crippen LogP contribution in [0.3, 0.4) is 0 Å². The molecular formula is C17H26N2O2. The highest BCUT2D eigenvalue weighted by atomic mass is 16.2. The average molecular weight is 290 g/mol. The molecule has 21 heavy (non-hydrogen) atoms. The lowest BCUT2D eigenvalue weighted by Crippen LogP contribution is -2.47. The molecule has 0 aromatic rings. The van der Waals surface area contributed by atoms with Gasteiger partial charge in [0.05, 0.1) is 0 Å². The Bertz CT molecular complexity index is 420. The van der Waals surface area contributed by atoms with Crippen molar-refractivity contribution in [2.75, 3.05) is 20.1 Å². The van der Waals surface area contributed by atoms with Crippen molar-refractivity contribution in [1.82, 2.24) is 9.80 Å². The molecule has 0 aromatic heterocycles. The molecule has 3 fully saturated rings. The van der Waals surface area contributed by atoms with Crippen LogP contribution >= 0.6 is 0 Å². The van der Waals surface area contributed by atoms with Crippen LogP contribution in [0.25, 0.3) is 0 Å². The Morgan fingerprint density at radius 3 is 2.05 bits per heavy atom. The summed E-state index contributed by atoms with van der Waals surface area (Å²) in [6.07, 6.45) is 8.15. The number of amides is 2. The van der Waals surface area contributed by atoms with Crippen molar-refractivity contribution in [3.8, 4) is 0 Å². The molecule has 2 amide bonds. The lowest BCUT2D eigenvalue weighted by Gasteiger charge is -2.36. The van der Waals surface area contributed by atoms with Gasteiger partial charge in [-0.1, -0.05) is 6.58 Å². The second kappa shape index (κ2) is 5.82. The number of hydrogen-bond donors (Lipinski definition) is 0. The van der Waals surface area contributed by atoms with Crippen LogP contribution in [0.1, 0.15) is 38.5 Å². The third-order valence-corrected chi connectivity index (χ3v) is 5.34. The van der Waals surface area contributed by atoms with Gasteiger partial charge in [0.2, 0.25) is 11.8 Å². The van der Waals surface area contributed by atoms with Crippen molar-refractivity contribution >= 4 is 11.8 Å². The molecule has 1 aliphatic heterocycles. The first-order chi connectivity index (χ1) is 10.1. The molecule has 2 aliphatic carbocycles. The van der Waals surface area contributed by atoms with Gasteiger partial charge in [0.1, 0.15) is 0 Å². The fourth-order valence-electron chi connectivity index (χ4n) is 3.80. The molecule has 116 valence electrons. The van der Waals surface area contributed by atoms with Crippen LogP contribution in [-0.2, 0) is 9.59 Å². The van der Waals surface area contributed by atoms with Crippen molar-refractivity contribution in [2.24, 2.45) is 17.8 Å². The van der Waals surface area contributed by atoms with E-state index in [-0.39, 0.29) is 11.8 Å². The number of rotatable bonds is 5. The molecule has 4 nitrogen and oxygen atoms in total. The van der Waals surface area contributed by atoms with E-state index in [4.69, 9.17) is 0 Å². The van der Waals surface area contributed by atoms with E-state index < -0.39 is 0 Å². The van der Waals surface area contributed by atoms with Gasteiger partial charge in [0, 0.05) is 32.1 Å². The summed E-state index contributed by atoms with van der Waals surface area (Å²) < 4.78 is 0. The molecular weight excluding hydrogens is 264 g/mol. The lowest BCUT2D eigenvalue weighted by molar-refractivity contribution is -0.140. The zero-order valence-corrected chi connectivity index (χ0v) is 13.0. The van der Waals surface area contributed by atoms with Gasteiger partial charge in [-0.2, -0.15) is 0 Å². The molecule has 1 heterocycles. The number of likely N-dealkylation sites (tertiary alicyclic amines) is 1. The van der Waals surface area contributed by atoms with Crippen LogP contribution in [0.15, 0.2) is 12.7 Å². The van der Waals surface area contributed by atoms with Crippen LogP contribution in [0.2, 0.25) is 0 Å². The van der Waals surface area contributed by atoms with E-state index in [2.05, 4.69) is 11.5 Å². The topological polar surface area (TPSA) is 40.6 Å². The first-order valence-electron chi connectivity index (χ1n) is 8.30. The molecule has 3 rings (SSSR count). The Morgan fingerprint density at radius 1 is 1.10 bits per heavy atom. The van der Waals surface area contributed by atoms with Crippen LogP contribution in [-0.4, -0.2) is 47.8 Å². The summed E-state index contributed by atoms with van der Waals surface area (Å²) in [4.78, 5) is 28.2. The van der Waals surface area contributed by atoms with Gasteiger partial charge in [-0.25, -0.2) is 0 Å². The van der Waals surface area contributed by atoms with Crippen LogP contribution in [0.4, 0.5) is 0 Å². The van der Waals surface area contributed by atoms with Crippen LogP contribution in [0.5, 0.6) is 0 Å². The van der Waals surface area contributed by atoms with Gasteiger partial charge in [-0.15, -0.1) is 0 Å². The smallest absolute Gasteiger partial charge is 0.245 e. The Balaban J connectivity index is 1.55. The Kier molecular flexibility index (Phi) is 4.05. The summed E-state index contributed by atoms with van der Waals surface area (Å²) in [5.74, 6) is 1.92. The van der Waals surface area contributed by atoms with Gasteiger partial charge < -0.3 is 9.80 Å². The summed E-state index contributed by atoms with van der Waals surface area (Å²) in [5, 5.41) is 0. The maximum absolute atomic E-state index is 12.8. The average Bonchev–Trinajstić information content (AvgIpc) is 3.40. The zero-order valence-electron chi connectivity index (χ0n) is 13.0. The van der Waals surface area contributed by atoms with E-state index in [9.17, 15) is 9.59 Å². The van der Waals surface area contributed by atoms with Crippen molar-refractivity contribution in [3.05, 3.63) is 12.7 Å². The number of piperidine rings is 1. The molecule has 0 unspecified atom stereocenters. The monoisotopic (exact) mass is 290 g/mol. The number of nitrogens with zero attached hydrogens (tertiary/aromatic N) is 2. The highest BCUT2D eigenvalue weighted by molar-refractivity contribution is 5.87. The molecule has 0 spiro atoms. The minimum absolute atomic E-state index is 0.0110. The van der Waals surface area contributed by atoms with Crippen LogP contribution in [0, 0.1) is 17.8 Å². The van der Waals surface area contributed by atoms with E-state index in [0.717, 1.165) is 24.7 Å². The van der Waals surface area contributed by atoms with E-state index in [1.54, 1.807) is 4.90 Å². The third-order valence-electron chi connectivity index (χ3n) is 5.34. The van der Waals surface area contributed by atoms with Crippen molar-refractivity contribution < 1.29 is 9.59 Å². The summed E-state index contributed by atoms with van der Waals surface area (Å²) in [6, 6.07) is 0.491. The molecule has 0 bridgehead atoms. The Labute approximate surface area is 127 Å². The highest BCUT2D eigenvalue weighted by Gasteiger charge is 2.45. The molecule has 3 aliphatic rings. The van der Waals surface area contributed by atoms with Gasteiger partial charge in [-0.3, -0.25) is 9.59 Å². The summed E-state index contributed by atoms with van der Waals surface area (Å²) in [7, 11) is 2.00. The molecule has 2 saturated carbocycles. The fraction of sp³-hybridized carbons (Fsp3) is 0.765. The minimum Gasteiger partial charge on any atom is -0.342 e. The number of hydrogen-bond acceptors (Lipinski definition) is 2. The second-order valence-corrected chi connectivity index (χ2v) is 6.92. The van der Waals surface area contributed by atoms with Gasteiger partial charge >= 0.3 is 0 Å². The van der Waals surface area contributed by atoms with E-state index in [0.29, 0.717) is 25.0 Å². The van der Waals surface area contributed by atoms with E-state index in [1.165, 1.54) is 31.8 Å². The molecule has 0 radical (unpaired) electrons. The van der Waals surface area contributed by atoms with Gasteiger partial charge in [0.15, 0.2) is 0 Å². The minimum atomic E-state index is -0.0110. The van der Waals surface area contributed by atoms with Crippen LogP contribution < -0.4 is 0 Å². The largest absolute Gasteiger partial charge is 0.342 e. The standard InChI is InChI=1S/C17H26N2O2/c1-3-15(20)19-10-8-14(9-11-19)17(21)18(2)16(12-4-5-12)13-6-7-13/h3,12-14,16H,1,4-11H2,2H3. The first kappa shape index (κ1) is 14.6. The SMILES string of the molecule is C=CC(=O)N1CCC(C(=O)N(C)C(C2CC2)C2CC2)CC1. The van der Waals surface area contributed by atoms with Crippen molar-refractivity contribution in [2.45, 2.75) is 44.6 Å². The fourth-order valence-corrected chi connectivity index (χ4v) is 3.80. The molecule has 0 atom stereocenters. The van der Waals surface area contributed by atoms with E-state index >= 15 is 0 Å². The zero-order chi connectivity index (χ0) is 15.0. The third kappa shape index (κ3) is 3.14. The first-order valence-corrected chi connectivity index (χ1v) is 8.30. The number of carbonyl (C=O) groups is 2. The normalized spacial score (nSPS) is 23.2. The second-order valence-electron chi connectivity index (χ2n) is 6.92. The van der Waals surface area contributed by atoms with E-state index in [1.807, 2.05) is 7.05 Å². The maximum Gasteiger partial charge on any atom is 0.245 e. The predicted octanol–water partition coefficient (Wildman–Crippen LogP) is 2.06. The molecule has 0 N–H and O–H groups in total. The predicted molar refractivity (Wildman–Crippen MR) is 81.5 cm³/mol. The Morgan fingerprint density at radius 2 is 1.62 bits per heavy atom. The maximum atomic E-state index is 12.8. The molecule has 1 saturated heterocycles. The quantitative estimate of drug-likeness (QED) is 0.727. The number of carbonyl (C=O) groups excluding carboxylic acids is 2. The molecule has 0 aromatic carbocycles. The van der Waals surface area contributed by atoms with Gasteiger partial charge in [0.25, 0.3) is 0 Å². The van der Waals surface area contributed by atoms with Crippen molar-refractivity contribution in [1.29, 1.82) is 0 Å². The summed E-state index contributed by atoms with van der Waals surface area (Å²) in [6.45, 7) is 4.90.